The van der Waals surface area contributed by atoms with E-state index in [-0.39, 0.29) is 28.6 Å². The summed E-state index contributed by atoms with van der Waals surface area (Å²) >= 11 is 7.31. The molecule has 3 aromatic rings. The first kappa shape index (κ1) is 23.3. The highest BCUT2D eigenvalue weighted by Gasteiger charge is 2.20. The molecule has 0 radical (unpaired) electrons. The molecule has 0 saturated carbocycles. The molecule has 0 aliphatic heterocycles. The number of rotatable bonds is 6. The molecule has 3 rings (SSSR count). The Hall–Kier alpha value is -2.32. The number of aromatic nitrogens is 4. The summed E-state index contributed by atoms with van der Waals surface area (Å²) in [6.07, 6.45) is 0. The third-order valence-corrected chi connectivity index (χ3v) is 5.89. The fourth-order valence-electron chi connectivity index (χ4n) is 3.07. The second-order valence-electron chi connectivity index (χ2n) is 8.99. The van der Waals surface area contributed by atoms with Crippen LogP contribution in [0.3, 0.4) is 0 Å². The fraction of sp³-hybridized carbons (Fsp3) is 0.455. The number of fused-ring (bicyclic) bond motifs is 1. The molecule has 0 spiro atoms. The second-order valence-corrected chi connectivity index (χ2v) is 10.4. The monoisotopic (exact) mass is 461 g/mol. The van der Waals surface area contributed by atoms with Gasteiger partial charge in [-0.2, -0.15) is 5.10 Å². The van der Waals surface area contributed by atoms with E-state index >= 15 is 0 Å². The molecule has 0 unspecified atom stereocenters. The predicted molar refractivity (Wildman–Crippen MR) is 127 cm³/mol. The number of amides is 1. The Kier molecular flexibility index (Phi) is 6.81. The van der Waals surface area contributed by atoms with Crippen molar-refractivity contribution < 1.29 is 4.79 Å². The van der Waals surface area contributed by atoms with Crippen LogP contribution in [0, 0.1) is 5.92 Å². The molecule has 31 heavy (non-hydrogen) atoms. The number of nitrogens with zero attached hydrogens (tertiary/aromatic N) is 4. The minimum absolute atomic E-state index is 0.111. The quantitative estimate of drug-likeness (QED) is 0.432. The van der Waals surface area contributed by atoms with Crippen molar-refractivity contribution in [3.63, 3.8) is 0 Å². The summed E-state index contributed by atoms with van der Waals surface area (Å²) in [5.41, 5.74) is 1.21. The lowest BCUT2D eigenvalue weighted by Crippen LogP contribution is -2.26. The van der Waals surface area contributed by atoms with Crippen molar-refractivity contribution in [2.24, 2.45) is 13.0 Å². The number of hydrogen-bond acceptors (Lipinski definition) is 5. The zero-order valence-corrected chi connectivity index (χ0v) is 20.3. The molecule has 166 valence electrons. The molecular formula is C22H28ClN5O2S. The molecule has 2 heterocycles. The van der Waals surface area contributed by atoms with Crippen molar-refractivity contribution in [3.8, 4) is 0 Å². The topological polar surface area (TPSA) is 81.8 Å². The Balaban J connectivity index is 1.83. The van der Waals surface area contributed by atoms with Crippen molar-refractivity contribution >= 4 is 46.0 Å². The minimum Gasteiger partial charge on any atom is -0.310 e. The van der Waals surface area contributed by atoms with E-state index in [0.717, 1.165) is 5.69 Å². The van der Waals surface area contributed by atoms with Crippen molar-refractivity contribution in [2.75, 3.05) is 11.1 Å². The summed E-state index contributed by atoms with van der Waals surface area (Å²) < 4.78 is 3.29. The lowest BCUT2D eigenvalue weighted by molar-refractivity contribution is -0.113. The number of hydrogen-bond donors (Lipinski definition) is 1. The van der Waals surface area contributed by atoms with Gasteiger partial charge >= 0.3 is 0 Å². The number of carbonyl (C=O) groups is 1. The van der Waals surface area contributed by atoms with Crippen LogP contribution in [-0.2, 0) is 23.8 Å². The third-order valence-electron chi connectivity index (χ3n) is 4.68. The summed E-state index contributed by atoms with van der Waals surface area (Å²) in [7, 11) is 1.80. The Morgan fingerprint density at radius 2 is 1.97 bits per heavy atom. The Labute approximate surface area is 191 Å². The summed E-state index contributed by atoms with van der Waals surface area (Å²) in [5, 5.41) is 8.87. The molecule has 1 N–H and O–H groups in total. The van der Waals surface area contributed by atoms with E-state index in [2.05, 4.69) is 36.2 Å². The first-order valence-electron chi connectivity index (χ1n) is 10.1. The molecule has 9 heteroatoms. The van der Waals surface area contributed by atoms with Gasteiger partial charge in [-0.25, -0.2) is 4.98 Å². The van der Waals surface area contributed by atoms with E-state index in [9.17, 15) is 9.59 Å². The van der Waals surface area contributed by atoms with Gasteiger partial charge in [-0.15, -0.1) is 0 Å². The van der Waals surface area contributed by atoms with Crippen LogP contribution in [-0.4, -0.2) is 31.0 Å². The van der Waals surface area contributed by atoms with Crippen LogP contribution in [0.4, 0.5) is 5.82 Å². The van der Waals surface area contributed by atoms with Gasteiger partial charge in [0.25, 0.3) is 5.56 Å². The maximum absolute atomic E-state index is 13.1. The molecule has 0 fully saturated rings. The minimum atomic E-state index is -0.185. The van der Waals surface area contributed by atoms with Crippen molar-refractivity contribution in [2.45, 2.75) is 51.7 Å². The van der Waals surface area contributed by atoms with Crippen LogP contribution in [0.2, 0.25) is 5.02 Å². The van der Waals surface area contributed by atoms with Crippen LogP contribution in [0.1, 0.15) is 40.3 Å². The maximum Gasteiger partial charge on any atom is 0.262 e. The molecule has 0 bridgehead atoms. The van der Waals surface area contributed by atoms with Crippen LogP contribution >= 0.6 is 23.4 Å². The van der Waals surface area contributed by atoms with Gasteiger partial charge in [-0.3, -0.25) is 18.8 Å². The van der Waals surface area contributed by atoms with Crippen LogP contribution in [0.5, 0.6) is 0 Å². The van der Waals surface area contributed by atoms with Gasteiger partial charge in [0.2, 0.25) is 5.91 Å². The number of aryl methyl sites for hydroxylation is 1. The van der Waals surface area contributed by atoms with E-state index in [1.807, 2.05) is 19.9 Å². The van der Waals surface area contributed by atoms with Crippen LogP contribution in [0.15, 0.2) is 34.2 Å². The predicted octanol–water partition coefficient (Wildman–Crippen LogP) is 4.47. The molecule has 0 aliphatic rings. The molecule has 1 amide bonds. The highest BCUT2D eigenvalue weighted by Crippen LogP contribution is 2.24. The first-order chi connectivity index (χ1) is 14.5. The normalized spacial score (nSPS) is 12.0. The van der Waals surface area contributed by atoms with E-state index in [1.165, 1.54) is 11.8 Å². The van der Waals surface area contributed by atoms with Crippen molar-refractivity contribution in [1.82, 2.24) is 19.3 Å². The second kappa shape index (κ2) is 9.04. The van der Waals surface area contributed by atoms with E-state index in [4.69, 9.17) is 11.6 Å². The molecular weight excluding hydrogens is 434 g/mol. The van der Waals surface area contributed by atoms with E-state index in [1.54, 1.807) is 34.5 Å². The molecule has 2 aromatic heterocycles. The average Bonchev–Trinajstić information content (AvgIpc) is 3.04. The lowest BCUT2D eigenvalue weighted by Gasteiger charge is -2.15. The first-order valence-corrected chi connectivity index (χ1v) is 11.5. The number of nitrogens with one attached hydrogen (secondary N) is 1. The number of carbonyl (C=O) groups excluding carboxylic acids is 1. The average molecular weight is 462 g/mol. The SMILES string of the molecule is CC(C)Cn1c(SCC(=O)Nc2cc(C(C)(C)C)nn2C)nc2ccc(Cl)cc2c1=O. The van der Waals surface area contributed by atoms with Crippen molar-refractivity contribution in [3.05, 3.63) is 45.3 Å². The van der Waals surface area contributed by atoms with E-state index in [0.29, 0.717) is 33.4 Å². The van der Waals surface area contributed by atoms with E-state index < -0.39 is 0 Å². The maximum atomic E-state index is 13.1. The summed E-state index contributed by atoms with van der Waals surface area (Å²) in [5.74, 6) is 0.820. The Bertz CT molecular complexity index is 1180. The largest absolute Gasteiger partial charge is 0.310 e. The fourth-order valence-corrected chi connectivity index (χ4v) is 4.05. The van der Waals surface area contributed by atoms with Crippen molar-refractivity contribution in [1.29, 1.82) is 0 Å². The zero-order valence-electron chi connectivity index (χ0n) is 18.7. The molecule has 1 aromatic carbocycles. The Morgan fingerprint density at radius 1 is 1.26 bits per heavy atom. The van der Waals surface area contributed by atoms with Crippen LogP contribution in [0.25, 0.3) is 10.9 Å². The third kappa shape index (κ3) is 5.49. The zero-order chi connectivity index (χ0) is 22.9. The van der Waals surface area contributed by atoms with Gasteiger partial charge < -0.3 is 5.32 Å². The summed E-state index contributed by atoms with van der Waals surface area (Å²) in [6.45, 7) is 10.8. The molecule has 7 nitrogen and oxygen atoms in total. The molecule has 0 atom stereocenters. The summed E-state index contributed by atoms with van der Waals surface area (Å²) in [6, 6.07) is 6.96. The molecule has 0 saturated heterocycles. The smallest absolute Gasteiger partial charge is 0.262 e. The van der Waals surface area contributed by atoms with Gasteiger partial charge in [0.1, 0.15) is 5.82 Å². The number of benzene rings is 1. The highest BCUT2D eigenvalue weighted by atomic mass is 35.5. The van der Waals surface area contributed by atoms with Gasteiger partial charge in [0.15, 0.2) is 5.16 Å². The lowest BCUT2D eigenvalue weighted by atomic mass is 9.92. The number of thioether (sulfide) groups is 1. The Morgan fingerprint density at radius 3 is 2.58 bits per heavy atom. The number of anilines is 1. The standard InChI is InChI=1S/C22H28ClN5O2S/c1-13(2)11-28-20(30)15-9-14(23)7-8-16(15)24-21(28)31-12-19(29)25-18-10-17(22(3,4)5)26-27(18)6/h7-10,13H,11-12H2,1-6H3,(H,25,29). The summed E-state index contributed by atoms with van der Waals surface area (Å²) in [4.78, 5) is 30.3. The number of halogens is 1. The molecule has 0 aliphatic carbocycles. The van der Waals surface area contributed by atoms with Crippen LogP contribution < -0.4 is 10.9 Å². The van der Waals surface area contributed by atoms with Gasteiger partial charge in [-0.1, -0.05) is 58.0 Å². The highest BCUT2D eigenvalue weighted by molar-refractivity contribution is 7.99. The van der Waals surface area contributed by atoms with Gasteiger partial charge in [-0.05, 0) is 24.1 Å². The van der Waals surface area contributed by atoms with Gasteiger partial charge in [0.05, 0.1) is 22.3 Å². The van der Waals surface area contributed by atoms with Gasteiger partial charge in [0, 0.05) is 30.1 Å².